The van der Waals surface area contributed by atoms with E-state index in [1.54, 1.807) is 12.4 Å². The molecule has 0 atom stereocenters. The lowest BCUT2D eigenvalue weighted by Crippen LogP contribution is -2.20. The number of amides is 2. The molecule has 0 radical (unpaired) electrons. The zero-order valence-electron chi connectivity index (χ0n) is 7.98. The maximum Gasteiger partial charge on any atom is 0.326 e. The molecule has 0 unspecified atom stereocenters. The molecular weight excluding hydrogens is 292 g/mol. The van der Waals surface area contributed by atoms with Crippen molar-refractivity contribution in [2.45, 2.75) is 0 Å². The molecule has 0 aliphatic heterocycles. The Morgan fingerprint density at radius 3 is 2.69 bits per heavy atom. The van der Waals surface area contributed by atoms with Crippen LogP contribution in [0, 0.1) is 0 Å². The Balaban J connectivity index is 1.95. The van der Waals surface area contributed by atoms with Crippen molar-refractivity contribution in [2.75, 3.05) is 10.6 Å². The number of nitrogens with one attached hydrogen (secondary N) is 2. The highest BCUT2D eigenvalue weighted by Gasteiger charge is 2.04. The first-order chi connectivity index (χ1) is 7.74. The van der Waals surface area contributed by atoms with Crippen LogP contribution in [0.1, 0.15) is 0 Å². The summed E-state index contributed by atoms with van der Waals surface area (Å²) in [5.74, 6) is 0.261. The molecule has 2 rings (SSSR count). The molecule has 0 aromatic carbocycles. The predicted octanol–water partition coefficient (Wildman–Crippen LogP) is 2.94. The fraction of sp³-hybridized carbons (Fsp3) is 0. The highest BCUT2D eigenvalue weighted by atomic mass is 79.9. The third kappa shape index (κ3) is 3.01. The Kier molecular flexibility index (Phi) is 3.47. The number of hydrogen-bond donors (Lipinski definition) is 2. The van der Waals surface area contributed by atoms with E-state index in [1.165, 1.54) is 11.3 Å². The molecule has 0 saturated heterocycles. The highest BCUT2D eigenvalue weighted by Crippen LogP contribution is 2.15. The minimum Gasteiger partial charge on any atom is -0.299 e. The lowest BCUT2D eigenvalue weighted by molar-refractivity contribution is 0.262. The lowest BCUT2D eigenvalue weighted by atomic mass is 10.6. The van der Waals surface area contributed by atoms with Crippen molar-refractivity contribution >= 4 is 44.2 Å². The standard InChI is InChI=1S/C9H7BrN4OS/c10-6-4-11-8(12-5-6)14-9(15)13-7-2-1-3-16-7/h1-5H,(H2,11,12,13,14,15). The van der Waals surface area contributed by atoms with E-state index in [0.29, 0.717) is 0 Å². The van der Waals surface area contributed by atoms with E-state index in [4.69, 9.17) is 0 Å². The summed E-state index contributed by atoms with van der Waals surface area (Å²) in [5.41, 5.74) is 0. The number of urea groups is 1. The Bertz CT molecular complexity index is 471. The van der Waals surface area contributed by atoms with Crippen LogP contribution in [0.5, 0.6) is 0 Å². The molecule has 0 fully saturated rings. The number of aromatic nitrogens is 2. The van der Waals surface area contributed by atoms with Gasteiger partial charge >= 0.3 is 6.03 Å². The minimum atomic E-state index is -0.357. The molecule has 0 aliphatic rings. The average Bonchev–Trinajstić information content (AvgIpc) is 2.74. The van der Waals surface area contributed by atoms with E-state index in [9.17, 15) is 4.79 Å². The van der Waals surface area contributed by atoms with Gasteiger partial charge in [-0.15, -0.1) is 11.3 Å². The third-order valence-corrected chi connectivity index (χ3v) is 2.80. The van der Waals surface area contributed by atoms with Gasteiger partial charge in [-0.1, -0.05) is 0 Å². The molecule has 7 heteroatoms. The molecule has 2 aromatic rings. The number of carbonyl (C=O) groups is 1. The molecule has 16 heavy (non-hydrogen) atoms. The number of halogens is 1. The van der Waals surface area contributed by atoms with Crippen LogP contribution in [-0.4, -0.2) is 16.0 Å². The second-order valence-electron chi connectivity index (χ2n) is 2.78. The van der Waals surface area contributed by atoms with Crippen molar-refractivity contribution in [3.8, 4) is 0 Å². The quantitative estimate of drug-likeness (QED) is 0.896. The van der Waals surface area contributed by atoms with Gasteiger partial charge in [-0.05, 0) is 33.4 Å². The molecule has 2 amide bonds. The maximum absolute atomic E-state index is 11.5. The van der Waals surface area contributed by atoms with E-state index in [-0.39, 0.29) is 12.0 Å². The normalized spacial score (nSPS) is 9.81. The zero-order chi connectivity index (χ0) is 11.4. The number of nitrogens with zero attached hydrogens (tertiary/aromatic N) is 2. The van der Waals surface area contributed by atoms with Crippen molar-refractivity contribution in [2.24, 2.45) is 0 Å². The Morgan fingerprint density at radius 2 is 2.06 bits per heavy atom. The van der Waals surface area contributed by atoms with Crippen LogP contribution >= 0.6 is 27.3 Å². The molecule has 2 heterocycles. The smallest absolute Gasteiger partial charge is 0.299 e. The van der Waals surface area contributed by atoms with Crippen LogP contribution in [0.4, 0.5) is 15.7 Å². The van der Waals surface area contributed by atoms with Gasteiger partial charge in [-0.2, -0.15) is 0 Å². The van der Waals surface area contributed by atoms with Gasteiger partial charge in [-0.3, -0.25) is 10.6 Å². The van der Waals surface area contributed by atoms with Crippen molar-refractivity contribution in [1.82, 2.24) is 9.97 Å². The molecule has 0 spiro atoms. The van der Waals surface area contributed by atoms with Crippen LogP contribution in [0.2, 0.25) is 0 Å². The van der Waals surface area contributed by atoms with Crippen molar-refractivity contribution in [3.63, 3.8) is 0 Å². The molecule has 0 saturated carbocycles. The largest absolute Gasteiger partial charge is 0.326 e. The van der Waals surface area contributed by atoms with Gasteiger partial charge in [0.05, 0.1) is 9.47 Å². The van der Waals surface area contributed by atoms with E-state index < -0.39 is 0 Å². The molecule has 0 aliphatic carbocycles. The highest BCUT2D eigenvalue weighted by molar-refractivity contribution is 9.10. The van der Waals surface area contributed by atoms with Gasteiger partial charge in [0.25, 0.3) is 0 Å². The summed E-state index contributed by atoms with van der Waals surface area (Å²) in [6.45, 7) is 0. The predicted molar refractivity (Wildman–Crippen MR) is 66.7 cm³/mol. The van der Waals surface area contributed by atoms with Gasteiger partial charge in [0.1, 0.15) is 0 Å². The summed E-state index contributed by atoms with van der Waals surface area (Å²) in [7, 11) is 0. The second-order valence-corrected chi connectivity index (χ2v) is 4.64. The summed E-state index contributed by atoms with van der Waals surface area (Å²) < 4.78 is 0.761. The zero-order valence-corrected chi connectivity index (χ0v) is 10.4. The van der Waals surface area contributed by atoms with Crippen LogP contribution in [0.15, 0.2) is 34.4 Å². The fourth-order valence-electron chi connectivity index (χ4n) is 0.971. The van der Waals surface area contributed by atoms with Crippen LogP contribution in [0.25, 0.3) is 0 Å². The van der Waals surface area contributed by atoms with Crippen molar-refractivity contribution < 1.29 is 4.79 Å². The summed E-state index contributed by atoms with van der Waals surface area (Å²) in [5, 5.41) is 7.84. The monoisotopic (exact) mass is 298 g/mol. The molecule has 0 bridgehead atoms. The van der Waals surface area contributed by atoms with E-state index in [2.05, 4.69) is 36.5 Å². The average molecular weight is 299 g/mol. The Hall–Kier alpha value is -1.47. The van der Waals surface area contributed by atoms with Gasteiger partial charge in [0.2, 0.25) is 5.95 Å². The Labute approximate surface area is 104 Å². The summed E-state index contributed by atoms with van der Waals surface area (Å²) in [4.78, 5) is 19.3. The van der Waals surface area contributed by atoms with E-state index in [1.807, 2.05) is 17.5 Å². The topological polar surface area (TPSA) is 66.9 Å². The molecule has 2 N–H and O–H groups in total. The summed E-state index contributed by atoms with van der Waals surface area (Å²) in [6, 6.07) is 3.31. The first-order valence-corrected chi connectivity index (χ1v) is 6.00. The number of anilines is 2. The van der Waals surface area contributed by atoms with Gasteiger partial charge in [0.15, 0.2) is 0 Å². The number of thiophene rings is 1. The maximum atomic E-state index is 11.5. The van der Waals surface area contributed by atoms with Crippen LogP contribution in [0.3, 0.4) is 0 Å². The Morgan fingerprint density at radius 1 is 1.31 bits per heavy atom. The molecule has 2 aromatic heterocycles. The van der Waals surface area contributed by atoms with Crippen LogP contribution < -0.4 is 10.6 Å². The first kappa shape index (κ1) is 11.0. The van der Waals surface area contributed by atoms with Crippen molar-refractivity contribution in [1.29, 1.82) is 0 Å². The van der Waals surface area contributed by atoms with Crippen molar-refractivity contribution in [3.05, 3.63) is 34.4 Å². The number of rotatable bonds is 2. The van der Waals surface area contributed by atoms with Crippen LogP contribution in [-0.2, 0) is 0 Å². The number of carbonyl (C=O) groups excluding carboxylic acids is 1. The number of hydrogen-bond acceptors (Lipinski definition) is 4. The summed E-state index contributed by atoms with van der Waals surface area (Å²) in [6.07, 6.45) is 3.13. The SMILES string of the molecule is O=C(Nc1ncc(Br)cn1)Nc1cccs1. The lowest BCUT2D eigenvalue weighted by Gasteiger charge is -2.03. The van der Waals surface area contributed by atoms with Gasteiger partial charge in [-0.25, -0.2) is 14.8 Å². The second kappa shape index (κ2) is 5.04. The molecule has 5 nitrogen and oxygen atoms in total. The first-order valence-electron chi connectivity index (χ1n) is 4.33. The molecular formula is C9H7BrN4OS. The summed E-state index contributed by atoms with van der Waals surface area (Å²) >= 11 is 4.65. The third-order valence-electron chi connectivity index (χ3n) is 1.60. The van der Waals surface area contributed by atoms with Gasteiger partial charge < -0.3 is 0 Å². The molecule has 82 valence electrons. The fourth-order valence-corrected chi connectivity index (χ4v) is 1.79. The minimum absolute atomic E-state index is 0.261. The van der Waals surface area contributed by atoms with E-state index >= 15 is 0 Å². The van der Waals surface area contributed by atoms with Gasteiger partial charge in [0, 0.05) is 12.4 Å². The van der Waals surface area contributed by atoms with E-state index in [0.717, 1.165) is 9.47 Å².